The number of nitrogens with one attached hydrogen (secondary N) is 1. The summed E-state index contributed by atoms with van der Waals surface area (Å²) >= 11 is 0. The van der Waals surface area contributed by atoms with Crippen LogP contribution >= 0.6 is 0 Å². The third-order valence-electron chi connectivity index (χ3n) is 4.35. The summed E-state index contributed by atoms with van der Waals surface area (Å²) in [5.41, 5.74) is 2.46. The van der Waals surface area contributed by atoms with Gasteiger partial charge >= 0.3 is 0 Å². The van der Waals surface area contributed by atoms with Crippen LogP contribution in [0.5, 0.6) is 0 Å². The normalized spacial score (nSPS) is 28.3. The molecule has 1 nitrogen and oxygen atoms in total. The number of benzene rings is 1. The van der Waals surface area contributed by atoms with Crippen molar-refractivity contribution in [1.29, 1.82) is 0 Å². The molecule has 1 saturated carbocycles. The summed E-state index contributed by atoms with van der Waals surface area (Å²) in [6.07, 6.45) is 3.84. The van der Waals surface area contributed by atoms with E-state index in [0.717, 1.165) is 18.0 Å². The fourth-order valence-electron chi connectivity index (χ4n) is 3.39. The standard InChI is InChI=1S/C16H24FN/c1-11-4-5-13(10-18-3)16(8-11)15-7-6-14(17)9-12(15)2/h6-7,9,11,13,16,18H,4-5,8,10H2,1-3H3. The average molecular weight is 249 g/mol. The first-order valence-corrected chi connectivity index (χ1v) is 7.02. The second-order valence-electron chi connectivity index (χ2n) is 5.84. The Kier molecular flexibility index (Phi) is 4.39. The van der Waals surface area contributed by atoms with Gasteiger partial charge in [-0.1, -0.05) is 19.4 Å². The molecule has 0 amide bonds. The Bertz CT molecular complexity index is 402. The summed E-state index contributed by atoms with van der Waals surface area (Å²) in [6.45, 7) is 5.43. The zero-order valence-corrected chi connectivity index (χ0v) is 11.7. The van der Waals surface area contributed by atoms with Gasteiger partial charge < -0.3 is 5.32 Å². The Morgan fingerprint density at radius 3 is 2.78 bits per heavy atom. The van der Waals surface area contributed by atoms with Crippen molar-refractivity contribution in [1.82, 2.24) is 5.32 Å². The zero-order valence-electron chi connectivity index (χ0n) is 11.7. The molecule has 1 aliphatic carbocycles. The van der Waals surface area contributed by atoms with Gasteiger partial charge in [0.2, 0.25) is 0 Å². The van der Waals surface area contributed by atoms with Crippen molar-refractivity contribution >= 4 is 0 Å². The molecular weight excluding hydrogens is 225 g/mol. The van der Waals surface area contributed by atoms with Crippen molar-refractivity contribution in [3.63, 3.8) is 0 Å². The zero-order chi connectivity index (χ0) is 13.1. The smallest absolute Gasteiger partial charge is 0.123 e. The highest BCUT2D eigenvalue weighted by atomic mass is 19.1. The number of hydrogen-bond acceptors (Lipinski definition) is 1. The molecule has 0 bridgehead atoms. The molecule has 1 aromatic rings. The van der Waals surface area contributed by atoms with Gasteiger partial charge in [0.15, 0.2) is 0 Å². The van der Waals surface area contributed by atoms with Gasteiger partial charge in [0.1, 0.15) is 5.82 Å². The molecule has 3 unspecified atom stereocenters. The van der Waals surface area contributed by atoms with Crippen molar-refractivity contribution in [2.24, 2.45) is 11.8 Å². The summed E-state index contributed by atoms with van der Waals surface area (Å²) in [4.78, 5) is 0. The fourth-order valence-corrected chi connectivity index (χ4v) is 3.39. The van der Waals surface area contributed by atoms with Crippen LogP contribution in [0.25, 0.3) is 0 Å². The second kappa shape index (κ2) is 5.83. The third kappa shape index (κ3) is 2.92. The van der Waals surface area contributed by atoms with E-state index in [9.17, 15) is 4.39 Å². The first-order valence-electron chi connectivity index (χ1n) is 7.02. The summed E-state index contributed by atoms with van der Waals surface area (Å²) in [5.74, 6) is 1.94. The lowest BCUT2D eigenvalue weighted by Crippen LogP contribution is -2.30. The third-order valence-corrected chi connectivity index (χ3v) is 4.35. The van der Waals surface area contributed by atoms with Gasteiger partial charge in [-0.3, -0.25) is 0 Å². The van der Waals surface area contributed by atoms with E-state index in [0.29, 0.717) is 11.8 Å². The molecule has 0 spiro atoms. The number of rotatable bonds is 3. The largest absolute Gasteiger partial charge is 0.319 e. The molecule has 1 aromatic carbocycles. The predicted octanol–water partition coefficient (Wildman–Crippen LogP) is 3.87. The molecule has 2 rings (SSSR count). The minimum absolute atomic E-state index is 0.120. The number of halogens is 1. The van der Waals surface area contributed by atoms with E-state index in [4.69, 9.17) is 0 Å². The maximum Gasteiger partial charge on any atom is 0.123 e. The first-order chi connectivity index (χ1) is 8.61. The Balaban J connectivity index is 2.26. The van der Waals surface area contributed by atoms with Crippen molar-refractivity contribution < 1.29 is 4.39 Å². The van der Waals surface area contributed by atoms with Crippen LogP contribution in [0.3, 0.4) is 0 Å². The predicted molar refractivity (Wildman–Crippen MR) is 74.3 cm³/mol. The molecule has 1 fully saturated rings. The first kappa shape index (κ1) is 13.5. The summed E-state index contributed by atoms with van der Waals surface area (Å²) in [5, 5.41) is 3.31. The molecule has 1 N–H and O–H groups in total. The van der Waals surface area contributed by atoms with Crippen LogP contribution in [0.1, 0.15) is 43.2 Å². The minimum Gasteiger partial charge on any atom is -0.319 e. The molecular formula is C16H24FN. The average Bonchev–Trinajstić information content (AvgIpc) is 2.32. The van der Waals surface area contributed by atoms with Crippen LogP contribution in [0.4, 0.5) is 4.39 Å². The Hall–Kier alpha value is -0.890. The van der Waals surface area contributed by atoms with Crippen molar-refractivity contribution in [2.75, 3.05) is 13.6 Å². The quantitative estimate of drug-likeness (QED) is 0.857. The lowest BCUT2D eigenvalue weighted by Gasteiger charge is -2.36. The van der Waals surface area contributed by atoms with Crippen LogP contribution in [-0.4, -0.2) is 13.6 Å². The number of hydrogen-bond donors (Lipinski definition) is 1. The highest BCUT2D eigenvalue weighted by molar-refractivity contribution is 5.31. The highest BCUT2D eigenvalue weighted by Crippen LogP contribution is 2.41. The topological polar surface area (TPSA) is 12.0 Å². The van der Waals surface area contributed by atoms with Crippen molar-refractivity contribution in [2.45, 2.75) is 39.0 Å². The van der Waals surface area contributed by atoms with Gasteiger partial charge in [0, 0.05) is 0 Å². The van der Waals surface area contributed by atoms with Gasteiger partial charge in [-0.2, -0.15) is 0 Å². The second-order valence-corrected chi connectivity index (χ2v) is 5.84. The maximum atomic E-state index is 13.2. The Morgan fingerprint density at radius 1 is 1.33 bits per heavy atom. The van der Waals surface area contributed by atoms with E-state index in [1.165, 1.54) is 24.8 Å². The highest BCUT2D eigenvalue weighted by Gasteiger charge is 2.30. The lowest BCUT2D eigenvalue weighted by molar-refractivity contribution is 0.244. The van der Waals surface area contributed by atoms with Crippen molar-refractivity contribution in [3.8, 4) is 0 Å². The van der Waals surface area contributed by atoms with E-state index in [-0.39, 0.29) is 5.82 Å². The molecule has 1 aliphatic rings. The van der Waals surface area contributed by atoms with Crippen LogP contribution in [-0.2, 0) is 0 Å². The molecule has 0 radical (unpaired) electrons. The van der Waals surface area contributed by atoms with Crippen LogP contribution < -0.4 is 5.32 Å². The van der Waals surface area contributed by atoms with Gasteiger partial charge in [-0.25, -0.2) is 4.39 Å². The molecule has 0 saturated heterocycles. The summed E-state index contributed by atoms with van der Waals surface area (Å²) in [6, 6.07) is 5.28. The van der Waals surface area contributed by atoms with E-state index in [1.807, 2.05) is 20.0 Å². The lowest BCUT2D eigenvalue weighted by atomic mass is 9.70. The van der Waals surface area contributed by atoms with Crippen LogP contribution in [0.15, 0.2) is 18.2 Å². The fraction of sp³-hybridized carbons (Fsp3) is 0.625. The van der Waals surface area contributed by atoms with Gasteiger partial charge in [0.05, 0.1) is 0 Å². The molecule has 0 aromatic heterocycles. The number of aryl methyl sites for hydroxylation is 1. The van der Waals surface area contributed by atoms with Crippen LogP contribution in [0, 0.1) is 24.6 Å². The van der Waals surface area contributed by atoms with Crippen LogP contribution in [0.2, 0.25) is 0 Å². The van der Waals surface area contributed by atoms with Gasteiger partial charge in [0.25, 0.3) is 0 Å². The Morgan fingerprint density at radius 2 is 2.11 bits per heavy atom. The van der Waals surface area contributed by atoms with Gasteiger partial charge in [-0.05, 0) is 74.4 Å². The molecule has 3 atom stereocenters. The molecule has 18 heavy (non-hydrogen) atoms. The molecule has 2 heteroatoms. The summed E-state index contributed by atoms with van der Waals surface area (Å²) in [7, 11) is 2.02. The van der Waals surface area contributed by atoms with E-state index >= 15 is 0 Å². The SMILES string of the molecule is CNCC1CCC(C)CC1c1ccc(F)cc1C. The minimum atomic E-state index is -0.120. The Labute approximate surface area is 110 Å². The molecule has 0 heterocycles. The monoisotopic (exact) mass is 249 g/mol. The molecule has 0 aliphatic heterocycles. The van der Waals surface area contributed by atoms with E-state index < -0.39 is 0 Å². The van der Waals surface area contributed by atoms with Gasteiger partial charge in [-0.15, -0.1) is 0 Å². The summed E-state index contributed by atoms with van der Waals surface area (Å²) < 4.78 is 13.2. The van der Waals surface area contributed by atoms with Crippen molar-refractivity contribution in [3.05, 3.63) is 35.1 Å². The molecule has 100 valence electrons. The van der Waals surface area contributed by atoms with E-state index in [1.54, 1.807) is 12.1 Å². The van der Waals surface area contributed by atoms with E-state index in [2.05, 4.69) is 12.2 Å². The maximum absolute atomic E-state index is 13.2.